The Morgan fingerprint density at radius 2 is 1.87 bits per heavy atom. The Bertz CT molecular complexity index is 750. The molecule has 0 fully saturated rings. The van der Waals surface area contributed by atoms with Crippen molar-refractivity contribution in [2.75, 3.05) is 0 Å². The SMILES string of the molecule is CC(C)(CCn1c(=O)oc2ccccc21)NC(=O)OC(C)(C)C. The molecule has 2 rings (SSSR count). The summed E-state index contributed by atoms with van der Waals surface area (Å²) in [6.07, 6.45) is 0.0993. The van der Waals surface area contributed by atoms with E-state index in [0.717, 1.165) is 5.52 Å². The van der Waals surface area contributed by atoms with Gasteiger partial charge in [0.05, 0.1) is 5.52 Å². The van der Waals surface area contributed by atoms with Gasteiger partial charge in [-0.2, -0.15) is 0 Å². The smallest absolute Gasteiger partial charge is 0.419 e. The highest BCUT2D eigenvalue weighted by Gasteiger charge is 2.25. The third-order valence-corrected chi connectivity index (χ3v) is 3.37. The molecular weight excluding hydrogens is 296 g/mol. The van der Waals surface area contributed by atoms with E-state index >= 15 is 0 Å². The second-order valence-electron chi connectivity index (χ2n) is 7.25. The second kappa shape index (κ2) is 6.10. The molecule has 0 bridgehead atoms. The number of rotatable bonds is 4. The van der Waals surface area contributed by atoms with Crippen LogP contribution in [-0.4, -0.2) is 21.8 Å². The standard InChI is InChI=1S/C17H24N2O4/c1-16(2,3)23-14(20)18-17(4,5)10-11-19-12-8-6-7-9-13(12)22-15(19)21/h6-9H,10-11H2,1-5H3,(H,18,20). The van der Waals surface area contributed by atoms with Gasteiger partial charge < -0.3 is 14.5 Å². The van der Waals surface area contributed by atoms with Crippen LogP contribution in [0.1, 0.15) is 41.0 Å². The minimum Gasteiger partial charge on any atom is -0.444 e. The summed E-state index contributed by atoms with van der Waals surface area (Å²) in [7, 11) is 0. The lowest BCUT2D eigenvalue weighted by atomic mass is 10.0. The summed E-state index contributed by atoms with van der Waals surface area (Å²) >= 11 is 0. The molecule has 126 valence electrons. The Labute approximate surface area is 135 Å². The molecule has 2 aromatic rings. The van der Waals surface area contributed by atoms with E-state index in [1.165, 1.54) is 0 Å². The van der Waals surface area contributed by atoms with Gasteiger partial charge in [0.15, 0.2) is 5.58 Å². The topological polar surface area (TPSA) is 73.5 Å². The first-order valence-corrected chi connectivity index (χ1v) is 7.67. The highest BCUT2D eigenvalue weighted by molar-refractivity contribution is 5.72. The Balaban J connectivity index is 2.05. The number of carbonyl (C=O) groups is 1. The Hall–Kier alpha value is -2.24. The third kappa shape index (κ3) is 4.61. The van der Waals surface area contributed by atoms with Gasteiger partial charge in [0, 0.05) is 12.1 Å². The number of oxazole rings is 1. The van der Waals surface area contributed by atoms with Crippen molar-refractivity contribution in [3.05, 3.63) is 34.8 Å². The first-order valence-electron chi connectivity index (χ1n) is 7.67. The summed E-state index contributed by atoms with van der Waals surface area (Å²) in [5.41, 5.74) is 0.263. The molecule has 1 aromatic heterocycles. The van der Waals surface area contributed by atoms with E-state index in [-0.39, 0.29) is 5.76 Å². The lowest BCUT2D eigenvalue weighted by molar-refractivity contribution is 0.0466. The summed E-state index contributed by atoms with van der Waals surface area (Å²) < 4.78 is 12.1. The number of aryl methyl sites for hydroxylation is 1. The molecule has 23 heavy (non-hydrogen) atoms. The van der Waals surface area contributed by atoms with Gasteiger partial charge in [0.1, 0.15) is 5.60 Å². The number of nitrogens with one attached hydrogen (secondary N) is 1. The Morgan fingerprint density at radius 3 is 2.52 bits per heavy atom. The Morgan fingerprint density at radius 1 is 1.22 bits per heavy atom. The fourth-order valence-corrected chi connectivity index (χ4v) is 2.26. The number of fused-ring (bicyclic) bond motifs is 1. The number of ether oxygens (including phenoxy) is 1. The summed E-state index contributed by atoms with van der Waals surface area (Å²) in [5, 5.41) is 2.84. The quantitative estimate of drug-likeness (QED) is 0.938. The number of nitrogens with zero attached hydrogens (tertiary/aromatic N) is 1. The van der Waals surface area contributed by atoms with Crippen LogP contribution in [0.4, 0.5) is 4.79 Å². The largest absolute Gasteiger partial charge is 0.444 e. The van der Waals surface area contributed by atoms with Gasteiger partial charge in [0.25, 0.3) is 0 Å². The lowest BCUT2D eigenvalue weighted by Crippen LogP contribution is -2.46. The second-order valence-corrected chi connectivity index (χ2v) is 7.25. The normalized spacial score (nSPS) is 12.4. The minimum absolute atomic E-state index is 0.390. The minimum atomic E-state index is -0.544. The van der Waals surface area contributed by atoms with Crippen LogP contribution >= 0.6 is 0 Å². The third-order valence-electron chi connectivity index (χ3n) is 3.37. The molecule has 1 N–H and O–H groups in total. The monoisotopic (exact) mass is 320 g/mol. The number of aromatic nitrogens is 1. The maximum absolute atomic E-state index is 11.9. The van der Waals surface area contributed by atoms with Gasteiger partial charge in [-0.3, -0.25) is 4.57 Å². The number of amides is 1. The van der Waals surface area contributed by atoms with Crippen LogP contribution < -0.4 is 11.1 Å². The van der Waals surface area contributed by atoms with E-state index in [0.29, 0.717) is 18.5 Å². The molecule has 6 nitrogen and oxygen atoms in total. The molecule has 0 atom stereocenters. The van der Waals surface area contributed by atoms with Gasteiger partial charge >= 0.3 is 11.8 Å². The predicted molar refractivity (Wildman–Crippen MR) is 88.5 cm³/mol. The van der Waals surface area contributed by atoms with Crippen LogP contribution in [0.2, 0.25) is 0 Å². The van der Waals surface area contributed by atoms with E-state index < -0.39 is 17.2 Å². The van der Waals surface area contributed by atoms with Crippen molar-refractivity contribution in [2.45, 2.75) is 58.7 Å². The molecule has 1 aromatic carbocycles. The zero-order valence-electron chi connectivity index (χ0n) is 14.3. The molecule has 1 heterocycles. The molecule has 1 amide bonds. The predicted octanol–water partition coefficient (Wildman–Crippen LogP) is 3.29. The van der Waals surface area contributed by atoms with Crippen molar-refractivity contribution in [2.24, 2.45) is 0 Å². The van der Waals surface area contributed by atoms with Crippen LogP contribution in [-0.2, 0) is 11.3 Å². The Kier molecular flexibility index (Phi) is 4.54. The molecule has 0 saturated heterocycles. The fraction of sp³-hybridized carbons (Fsp3) is 0.529. The molecule has 0 aliphatic rings. The molecule has 0 aliphatic heterocycles. The highest BCUT2D eigenvalue weighted by atomic mass is 16.6. The van der Waals surface area contributed by atoms with E-state index in [1.54, 1.807) is 10.6 Å². The van der Waals surface area contributed by atoms with Crippen LogP contribution in [0, 0.1) is 0 Å². The first-order chi connectivity index (χ1) is 10.6. The number of carbonyl (C=O) groups excluding carboxylic acids is 1. The summed E-state index contributed by atoms with van der Waals surface area (Å²) in [4.78, 5) is 23.8. The molecule has 6 heteroatoms. The number of hydrogen-bond acceptors (Lipinski definition) is 4. The van der Waals surface area contributed by atoms with E-state index in [9.17, 15) is 9.59 Å². The van der Waals surface area contributed by atoms with Gasteiger partial charge in [-0.1, -0.05) is 12.1 Å². The average Bonchev–Trinajstić information content (AvgIpc) is 2.69. The molecular formula is C17H24N2O4. The van der Waals surface area contributed by atoms with Crippen LogP contribution in [0.3, 0.4) is 0 Å². The van der Waals surface area contributed by atoms with Crippen molar-refractivity contribution in [3.63, 3.8) is 0 Å². The van der Waals surface area contributed by atoms with Crippen LogP contribution in [0.5, 0.6) is 0 Å². The highest BCUT2D eigenvalue weighted by Crippen LogP contribution is 2.16. The van der Waals surface area contributed by atoms with Crippen molar-refractivity contribution < 1.29 is 13.9 Å². The lowest BCUT2D eigenvalue weighted by Gasteiger charge is -2.28. The van der Waals surface area contributed by atoms with Crippen molar-refractivity contribution >= 4 is 17.2 Å². The van der Waals surface area contributed by atoms with Gasteiger partial charge in [0.2, 0.25) is 0 Å². The fourth-order valence-electron chi connectivity index (χ4n) is 2.26. The van der Waals surface area contributed by atoms with Crippen molar-refractivity contribution in [3.8, 4) is 0 Å². The number of hydrogen-bond donors (Lipinski definition) is 1. The maximum Gasteiger partial charge on any atom is 0.419 e. The van der Waals surface area contributed by atoms with Crippen molar-refractivity contribution in [1.29, 1.82) is 0 Å². The molecule has 0 spiro atoms. The van der Waals surface area contributed by atoms with Gasteiger partial charge in [-0.15, -0.1) is 0 Å². The summed E-state index contributed by atoms with van der Waals surface area (Å²) in [5.74, 6) is -0.390. The van der Waals surface area contributed by atoms with E-state index in [2.05, 4.69) is 5.32 Å². The van der Waals surface area contributed by atoms with Gasteiger partial charge in [-0.05, 0) is 53.2 Å². The first kappa shape index (κ1) is 17.1. The van der Waals surface area contributed by atoms with Crippen molar-refractivity contribution in [1.82, 2.24) is 9.88 Å². The molecule has 0 unspecified atom stereocenters. The molecule has 0 saturated carbocycles. The zero-order valence-corrected chi connectivity index (χ0v) is 14.3. The molecule has 0 radical (unpaired) electrons. The van der Waals surface area contributed by atoms with E-state index in [4.69, 9.17) is 9.15 Å². The molecule has 0 aliphatic carbocycles. The van der Waals surface area contributed by atoms with Gasteiger partial charge in [-0.25, -0.2) is 9.59 Å². The van der Waals surface area contributed by atoms with Crippen LogP contribution in [0.25, 0.3) is 11.1 Å². The van der Waals surface area contributed by atoms with Crippen LogP contribution in [0.15, 0.2) is 33.5 Å². The number of benzene rings is 1. The number of para-hydroxylation sites is 2. The number of alkyl carbamates (subject to hydrolysis) is 1. The maximum atomic E-state index is 11.9. The summed E-state index contributed by atoms with van der Waals surface area (Å²) in [6, 6.07) is 7.29. The average molecular weight is 320 g/mol. The summed E-state index contributed by atoms with van der Waals surface area (Å²) in [6.45, 7) is 9.68. The van der Waals surface area contributed by atoms with E-state index in [1.807, 2.05) is 52.8 Å². The zero-order chi connectivity index (χ0) is 17.3.